The molecule has 1 aliphatic rings. The van der Waals surface area contributed by atoms with Crippen molar-refractivity contribution in [1.82, 2.24) is 9.78 Å². The summed E-state index contributed by atoms with van der Waals surface area (Å²) in [7, 11) is 0. The van der Waals surface area contributed by atoms with E-state index in [9.17, 15) is 0 Å². The normalized spacial score (nSPS) is 24.9. The summed E-state index contributed by atoms with van der Waals surface area (Å²) < 4.78 is 9.80. The van der Waals surface area contributed by atoms with Crippen molar-refractivity contribution < 1.29 is 4.74 Å². The predicted octanol–water partition coefficient (Wildman–Crippen LogP) is 4.13. The molecule has 0 amide bonds. The summed E-state index contributed by atoms with van der Waals surface area (Å²) in [4.78, 5) is 0. The van der Waals surface area contributed by atoms with E-state index in [0.29, 0.717) is 6.04 Å². The fraction of sp³-hybridized carbons (Fsp3) is 0.800. The molecule has 0 saturated carbocycles. The lowest BCUT2D eigenvalue weighted by molar-refractivity contribution is -0.0739. The quantitative estimate of drug-likeness (QED) is 0.742. The van der Waals surface area contributed by atoms with Gasteiger partial charge in [-0.05, 0) is 63.1 Å². The number of hydrogen-bond acceptors (Lipinski definition) is 2. The minimum absolute atomic E-state index is 0.0665. The third-order valence-electron chi connectivity index (χ3n) is 4.00. The van der Waals surface area contributed by atoms with Crippen molar-refractivity contribution in [1.29, 1.82) is 0 Å². The molecule has 0 radical (unpaired) electrons. The van der Waals surface area contributed by atoms with Crippen LogP contribution in [0.1, 0.15) is 65.4 Å². The zero-order valence-corrected chi connectivity index (χ0v) is 15.0. The lowest BCUT2D eigenvalue weighted by atomic mass is 9.94. The van der Waals surface area contributed by atoms with E-state index in [-0.39, 0.29) is 11.2 Å². The molecule has 2 heterocycles. The maximum atomic E-state index is 6.22. The lowest BCUT2D eigenvalue weighted by Gasteiger charge is -2.28. The Morgan fingerprint density at radius 3 is 2.32 bits per heavy atom. The van der Waals surface area contributed by atoms with E-state index in [0.717, 1.165) is 19.3 Å². The minimum atomic E-state index is -0.159. The second kappa shape index (κ2) is 5.02. The Bertz CT molecular complexity index is 477. The van der Waals surface area contributed by atoms with E-state index < -0.39 is 0 Å². The molecule has 0 aromatic carbocycles. The third kappa shape index (κ3) is 2.71. The minimum Gasteiger partial charge on any atom is -0.367 e. The molecular weight excluding hydrogens is 351 g/mol. The second-order valence-corrected chi connectivity index (χ2v) is 7.62. The van der Waals surface area contributed by atoms with E-state index in [2.05, 4.69) is 68.8 Å². The molecular formula is C15H25IN2O. The number of ether oxygens (including phenoxy) is 1. The monoisotopic (exact) mass is 376 g/mol. The molecule has 1 aliphatic heterocycles. The smallest absolute Gasteiger partial charge is 0.0858 e. The molecule has 0 spiro atoms. The van der Waals surface area contributed by atoms with Crippen molar-refractivity contribution in [2.24, 2.45) is 0 Å². The van der Waals surface area contributed by atoms with Crippen molar-refractivity contribution in [3.63, 3.8) is 0 Å². The lowest BCUT2D eigenvalue weighted by Crippen LogP contribution is -2.32. The van der Waals surface area contributed by atoms with Crippen LogP contribution in [0, 0.1) is 3.57 Å². The predicted molar refractivity (Wildman–Crippen MR) is 86.6 cm³/mol. The van der Waals surface area contributed by atoms with Gasteiger partial charge in [0.15, 0.2) is 0 Å². The van der Waals surface area contributed by atoms with Crippen LogP contribution in [0.2, 0.25) is 0 Å². The van der Waals surface area contributed by atoms with Crippen LogP contribution in [-0.2, 0) is 17.6 Å². The van der Waals surface area contributed by atoms with Crippen molar-refractivity contribution in [3.8, 4) is 0 Å². The Hall–Kier alpha value is -0.100. The highest BCUT2D eigenvalue weighted by Gasteiger charge is 2.48. The average Bonchev–Trinajstić information content (AvgIpc) is 2.71. The van der Waals surface area contributed by atoms with E-state index in [1.54, 1.807) is 0 Å². The number of aryl methyl sites for hydroxylation is 1. The van der Waals surface area contributed by atoms with Gasteiger partial charge in [0, 0.05) is 6.42 Å². The van der Waals surface area contributed by atoms with Crippen LogP contribution in [0.4, 0.5) is 0 Å². The van der Waals surface area contributed by atoms with Gasteiger partial charge in [-0.2, -0.15) is 5.10 Å². The first kappa shape index (κ1) is 15.3. The van der Waals surface area contributed by atoms with Crippen LogP contribution in [0.15, 0.2) is 0 Å². The first-order valence-corrected chi connectivity index (χ1v) is 8.25. The van der Waals surface area contributed by atoms with Gasteiger partial charge in [0.05, 0.1) is 32.2 Å². The van der Waals surface area contributed by atoms with Crippen molar-refractivity contribution in [2.45, 2.75) is 78.0 Å². The first-order chi connectivity index (χ1) is 8.72. The zero-order valence-electron chi connectivity index (χ0n) is 12.9. The van der Waals surface area contributed by atoms with Crippen LogP contribution in [-0.4, -0.2) is 21.0 Å². The Kier molecular flexibility index (Phi) is 4.04. The summed E-state index contributed by atoms with van der Waals surface area (Å²) in [6, 6.07) is 0.325. The van der Waals surface area contributed by atoms with Crippen molar-refractivity contribution >= 4 is 22.6 Å². The number of nitrogens with zero attached hydrogens (tertiary/aromatic N) is 2. The first-order valence-electron chi connectivity index (χ1n) is 7.17. The number of rotatable bonds is 3. The summed E-state index contributed by atoms with van der Waals surface area (Å²) in [6.45, 7) is 13.1. The topological polar surface area (TPSA) is 27.1 Å². The Labute approximate surface area is 130 Å². The van der Waals surface area contributed by atoms with Gasteiger partial charge in [0.2, 0.25) is 0 Å². The standard InChI is InChI=1S/C15H25IN2O/c1-7-10-13(16)11(8-2)18(17-10)12-9-14(3,4)19-15(12,5)6/h12H,7-9H2,1-6H3. The fourth-order valence-corrected chi connectivity index (χ4v) is 4.33. The molecule has 19 heavy (non-hydrogen) atoms. The van der Waals surface area contributed by atoms with Gasteiger partial charge < -0.3 is 4.74 Å². The molecule has 0 N–H and O–H groups in total. The molecule has 3 nitrogen and oxygen atoms in total. The molecule has 1 unspecified atom stereocenters. The molecule has 1 fully saturated rings. The summed E-state index contributed by atoms with van der Waals surface area (Å²) in [6.07, 6.45) is 3.04. The molecule has 4 heteroatoms. The highest BCUT2D eigenvalue weighted by Crippen LogP contribution is 2.45. The van der Waals surface area contributed by atoms with Gasteiger partial charge in [0.25, 0.3) is 0 Å². The number of halogens is 1. The molecule has 2 rings (SSSR count). The van der Waals surface area contributed by atoms with Crippen molar-refractivity contribution in [3.05, 3.63) is 15.0 Å². The maximum absolute atomic E-state index is 6.22. The summed E-state index contributed by atoms with van der Waals surface area (Å²) >= 11 is 2.44. The Balaban J connectivity index is 2.47. The molecule has 0 aliphatic carbocycles. The number of hydrogen-bond donors (Lipinski definition) is 0. The SMILES string of the molecule is CCc1nn(C2CC(C)(C)OC2(C)C)c(CC)c1I. The molecule has 0 bridgehead atoms. The van der Waals surface area contributed by atoms with Gasteiger partial charge in [-0.3, -0.25) is 4.68 Å². The Morgan fingerprint density at radius 2 is 1.89 bits per heavy atom. The van der Waals surface area contributed by atoms with Crippen LogP contribution in [0.3, 0.4) is 0 Å². The van der Waals surface area contributed by atoms with Gasteiger partial charge in [-0.15, -0.1) is 0 Å². The summed E-state index contributed by atoms with van der Waals surface area (Å²) in [5, 5.41) is 4.87. The summed E-state index contributed by atoms with van der Waals surface area (Å²) in [5.74, 6) is 0. The molecule has 108 valence electrons. The number of aromatic nitrogens is 2. The van der Waals surface area contributed by atoms with Crippen LogP contribution in [0.25, 0.3) is 0 Å². The third-order valence-corrected chi connectivity index (χ3v) is 5.25. The van der Waals surface area contributed by atoms with E-state index in [4.69, 9.17) is 9.84 Å². The van der Waals surface area contributed by atoms with E-state index >= 15 is 0 Å². The molecule has 1 aromatic heterocycles. The average molecular weight is 376 g/mol. The highest BCUT2D eigenvalue weighted by atomic mass is 127. The van der Waals surface area contributed by atoms with Gasteiger partial charge >= 0.3 is 0 Å². The fourth-order valence-electron chi connectivity index (χ4n) is 3.22. The highest BCUT2D eigenvalue weighted by molar-refractivity contribution is 14.1. The molecule has 1 aromatic rings. The second-order valence-electron chi connectivity index (χ2n) is 6.54. The largest absolute Gasteiger partial charge is 0.367 e. The van der Waals surface area contributed by atoms with Crippen molar-refractivity contribution in [2.75, 3.05) is 0 Å². The van der Waals surface area contributed by atoms with E-state index in [1.165, 1.54) is 15.0 Å². The zero-order chi connectivity index (χ0) is 14.4. The molecule has 1 saturated heterocycles. The van der Waals surface area contributed by atoms with Crippen LogP contribution < -0.4 is 0 Å². The summed E-state index contributed by atoms with van der Waals surface area (Å²) in [5.41, 5.74) is 2.35. The van der Waals surface area contributed by atoms with Gasteiger partial charge in [-0.1, -0.05) is 13.8 Å². The Morgan fingerprint density at radius 1 is 1.26 bits per heavy atom. The van der Waals surface area contributed by atoms with Crippen LogP contribution in [0.5, 0.6) is 0 Å². The van der Waals surface area contributed by atoms with Gasteiger partial charge in [-0.25, -0.2) is 0 Å². The maximum Gasteiger partial charge on any atom is 0.0858 e. The van der Waals surface area contributed by atoms with Gasteiger partial charge in [0.1, 0.15) is 0 Å². The van der Waals surface area contributed by atoms with E-state index in [1.807, 2.05) is 0 Å². The molecule has 1 atom stereocenters. The van der Waals surface area contributed by atoms with Crippen LogP contribution >= 0.6 is 22.6 Å².